The van der Waals surface area contributed by atoms with E-state index in [0.29, 0.717) is 24.9 Å². The fourth-order valence-electron chi connectivity index (χ4n) is 3.00. The van der Waals surface area contributed by atoms with Crippen LogP contribution in [0.4, 0.5) is 5.69 Å². The van der Waals surface area contributed by atoms with Gasteiger partial charge in [-0.05, 0) is 29.2 Å². The van der Waals surface area contributed by atoms with E-state index in [9.17, 15) is 9.90 Å². The van der Waals surface area contributed by atoms with Crippen molar-refractivity contribution in [1.82, 2.24) is 5.32 Å². The maximum absolute atomic E-state index is 12.2. The molecule has 2 aromatic rings. The van der Waals surface area contributed by atoms with Crippen LogP contribution in [0.2, 0.25) is 0 Å². The first-order valence-corrected chi connectivity index (χ1v) is 7.54. The predicted molar refractivity (Wildman–Crippen MR) is 86.2 cm³/mol. The average Bonchev–Trinajstić information content (AvgIpc) is 2.83. The Morgan fingerprint density at radius 1 is 1.18 bits per heavy atom. The quantitative estimate of drug-likeness (QED) is 0.755. The fourth-order valence-corrected chi connectivity index (χ4v) is 3.00. The Hall–Kier alpha value is -2.33. The van der Waals surface area contributed by atoms with Crippen molar-refractivity contribution >= 4 is 11.6 Å². The van der Waals surface area contributed by atoms with Gasteiger partial charge in [0.1, 0.15) is 0 Å². The second-order valence-electron chi connectivity index (χ2n) is 5.71. The van der Waals surface area contributed by atoms with Gasteiger partial charge in [-0.15, -0.1) is 0 Å². The summed E-state index contributed by atoms with van der Waals surface area (Å²) in [5.41, 5.74) is 9.69. The van der Waals surface area contributed by atoms with Gasteiger partial charge >= 0.3 is 0 Å². The molecule has 114 valence electrons. The minimum atomic E-state index is -0.553. The Labute approximate surface area is 130 Å². The molecule has 0 bridgehead atoms. The highest BCUT2D eigenvalue weighted by molar-refractivity contribution is 5.77. The topological polar surface area (TPSA) is 75.4 Å². The number of anilines is 1. The van der Waals surface area contributed by atoms with Crippen molar-refractivity contribution in [2.24, 2.45) is 0 Å². The van der Waals surface area contributed by atoms with Crippen LogP contribution < -0.4 is 11.1 Å². The van der Waals surface area contributed by atoms with E-state index in [2.05, 4.69) is 5.32 Å². The number of para-hydroxylation sites is 1. The summed E-state index contributed by atoms with van der Waals surface area (Å²) in [5.74, 6) is -0.0657. The molecule has 22 heavy (non-hydrogen) atoms. The number of fused-ring (bicyclic) bond motifs is 1. The highest BCUT2D eigenvalue weighted by Crippen LogP contribution is 2.31. The maximum Gasteiger partial charge on any atom is 0.220 e. The van der Waals surface area contributed by atoms with E-state index in [-0.39, 0.29) is 11.9 Å². The number of aliphatic hydroxyl groups excluding tert-OH is 1. The number of aryl methyl sites for hydroxylation is 1. The van der Waals surface area contributed by atoms with Crippen LogP contribution in [0.3, 0.4) is 0 Å². The van der Waals surface area contributed by atoms with Crippen LogP contribution in [0.1, 0.15) is 29.2 Å². The van der Waals surface area contributed by atoms with Gasteiger partial charge in [-0.3, -0.25) is 4.79 Å². The number of benzene rings is 2. The number of nitrogen functional groups attached to an aromatic ring is 1. The highest BCUT2D eigenvalue weighted by Gasteiger charge is 2.31. The summed E-state index contributed by atoms with van der Waals surface area (Å²) in [7, 11) is 0. The van der Waals surface area contributed by atoms with Crippen molar-refractivity contribution in [3.8, 4) is 0 Å². The highest BCUT2D eigenvalue weighted by atomic mass is 16.3. The third kappa shape index (κ3) is 2.97. The molecule has 3 rings (SSSR count). The molecule has 2 aromatic carbocycles. The molecule has 0 aromatic heterocycles. The first-order chi connectivity index (χ1) is 10.6. The SMILES string of the molecule is Nc1ccccc1CCC(=O)N[C@@H]1c2ccccc2C[C@@H]1O. The molecule has 1 aliphatic carbocycles. The summed E-state index contributed by atoms with van der Waals surface area (Å²) in [6, 6.07) is 15.1. The van der Waals surface area contributed by atoms with E-state index < -0.39 is 6.10 Å². The largest absolute Gasteiger partial charge is 0.399 e. The molecule has 4 nitrogen and oxygen atoms in total. The summed E-state index contributed by atoms with van der Waals surface area (Å²) in [4.78, 5) is 12.2. The molecular formula is C18H20N2O2. The van der Waals surface area contributed by atoms with Crippen molar-refractivity contribution in [1.29, 1.82) is 0 Å². The molecule has 0 saturated carbocycles. The molecule has 0 radical (unpaired) electrons. The Balaban J connectivity index is 1.62. The van der Waals surface area contributed by atoms with Gasteiger partial charge in [0.05, 0.1) is 12.1 Å². The second-order valence-corrected chi connectivity index (χ2v) is 5.71. The Morgan fingerprint density at radius 3 is 2.73 bits per heavy atom. The number of rotatable bonds is 4. The first kappa shape index (κ1) is 14.6. The van der Waals surface area contributed by atoms with E-state index in [1.165, 1.54) is 0 Å². The van der Waals surface area contributed by atoms with Gasteiger partial charge in [-0.1, -0.05) is 42.5 Å². The van der Waals surface area contributed by atoms with E-state index in [1.807, 2.05) is 48.5 Å². The minimum absolute atomic E-state index is 0.0657. The lowest BCUT2D eigenvalue weighted by Crippen LogP contribution is -2.34. The van der Waals surface area contributed by atoms with Gasteiger partial charge in [0.15, 0.2) is 0 Å². The van der Waals surface area contributed by atoms with Crippen LogP contribution in [0.15, 0.2) is 48.5 Å². The minimum Gasteiger partial charge on any atom is -0.399 e. The smallest absolute Gasteiger partial charge is 0.220 e. The van der Waals surface area contributed by atoms with Crippen LogP contribution in [-0.4, -0.2) is 17.1 Å². The number of hydrogen-bond donors (Lipinski definition) is 3. The molecule has 2 atom stereocenters. The summed E-state index contributed by atoms with van der Waals surface area (Å²) in [6.45, 7) is 0. The third-order valence-electron chi connectivity index (χ3n) is 4.20. The molecule has 4 heteroatoms. The molecule has 4 N–H and O–H groups in total. The molecule has 0 saturated heterocycles. The van der Waals surface area contributed by atoms with Crippen LogP contribution in [0, 0.1) is 0 Å². The number of amides is 1. The molecule has 0 heterocycles. The molecule has 1 aliphatic rings. The standard InChI is InChI=1S/C18H20N2O2/c19-15-8-4-2-5-12(15)9-10-17(22)20-18-14-7-3-1-6-13(14)11-16(18)21/h1-8,16,18,21H,9-11,19H2,(H,20,22)/t16-,18+/m0/s1. The van der Waals surface area contributed by atoms with Gasteiger partial charge in [-0.25, -0.2) is 0 Å². The zero-order valence-corrected chi connectivity index (χ0v) is 12.3. The van der Waals surface area contributed by atoms with E-state index in [4.69, 9.17) is 5.73 Å². The number of nitrogens with one attached hydrogen (secondary N) is 1. The molecule has 1 amide bonds. The van der Waals surface area contributed by atoms with Crippen molar-refractivity contribution in [3.63, 3.8) is 0 Å². The molecular weight excluding hydrogens is 276 g/mol. The summed E-state index contributed by atoms with van der Waals surface area (Å²) >= 11 is 0. The van der Waals surface area contributed by atoms with Crippen LogP contribution in [-0.2, 0) is 17.6 Å². The van der Waals surface area contributed by atoms with Crippen molar-refractivity contribution in [3.05, 3.63) is 65.2 Å². The normalized spacial score (nSPS) is 19.7. The Kier molecular flexibility index (Phi) is 4.11. The van der Waals surface area contributed by atoms with Crippen LogP contribution in [0.5, 0.6) is 0 Å². The maximum atomic E-state index is 12.2. The third-order valence-corrected chi connectivity index (χ3v) is 4.20. The average molecular weight is 296 g/mol. The summed E-state index contributed by atoms with van der Waals surface area (Å²) < 4.78 is 0. The van der Waals surface area contributed by atoms with Crippen LogP contribution in [0.25, 0.3) is 0 Å². The van der Waals surface area contributed by atoms with Crippen LogP contribution >= 0.6 is 0 Å². The molecule has 0 spiro atoms. The predicted octanol–water partition coefficient (Wildman–Crippen LogP) is 1.98. The van der Waals surface area contributed by atoms with Crippen molar-refractivity contribution in [2.45, 2.75) is 31.4 Å². The Bertz CT molecular complexity index is 684. The fraction of sp³-hybridized carbons (Fsp3) is 0.278. The van der Waals surface area contributed by atoms with Crippen molar-refractivity contribution < 1.29 is 9.90 Å². The number of hydrogen-bond acceptors (Lipinski definition) is 3. The summed E-state index contributed by atoms with van der Waals surface area (Å²) in [6.07, 6.45) is 0.998. The van der Waals surface area contributed by atoms with Gasteiger partial charge in [-0.2, -0.15) is 0 Å². The van der Waals surface area contributed by atoms with Gasteiger partial charge < -0.3 is 16.2 Å². The lowest BCUT2D eigenvalue weighted by Gasteiger charge is -2.18. The van der Waals surface area contributed by atoms with Gasteiger partial charge in [0.2, 0.25) is 5.91 Å². The number of aliphatic hydroxyl groups is 1. The molecule has 0 unspecified atom stereocenters. The Morgan fingerprint density at radius 2 is 1.91 bits per heavy atom. The van der Waals surface area contributed by atoms with E-state index in [0.717, 1.165) is 16.7 Å². The zero-order valence-electron chi connectivity index (χ0n) is 12.3. The lowest BCUT2D eigenvalue weighted by molar-refractivity contribution is -0.122. The number of carbonyl (C=O) groups is 1. The number of carbonyl (C=O) groups excluding carboxylic acids is 1. The number of nitrogens with two attached hydrogens (primary N) is 1. The van der Waals surface area contributed by atoms with E-state index >= 15 is 0 Å². The monoisotopic (exact) mass is 296 g/mol. The lowest BCUT2D eigenvalue weighted by atomic mass is 10.1. The molecule has 0 fully saturated rings. The van der Waals surface area contributed by atoms with E-state index in [1.54, 1.807) is 0 Å². The molecule has 0 aliphatic heterocycles. The van der Waals surface area contributed by atoms with Gasteiger partial charge in [0.25, 0.3) is 0 Å². The first-order valence-electron chi connectivity index (χ1n) is 7.54. The zero-order chi connectivity index (χ0) is 15.5. The summed E-state index contributed by atoms with van der Waals surface area (Å²) in [5, 5.41) is 13.1. The second kappa shape index (κ2) is 6.20. The van der Waals surface area contributed by atoms with Crippen molar-refractivity contribution in [2.75, 3.05) is 5.73 Å². The van der Waals surface area contributed by atoms with Gasteiger partial charge in [0, 0.05) is 18.5 Å².